The van der Waals surface area contributed by atoms with Gasteiger partial charge in [0.1, 0.15) is 0 Å². The maximum Gasteiger partial charge on any atom is 0.00514 e. The highest BCUT2D eigenvalue weighted by atomic mass is 32.2. The van der Waals surface area contributed by atoms with Crippen LogP contribution in [0.5, 0.6) is 0 Å². The van der Waals surface area contributed by atoms with Gasteiger partial charge in [0.25, 0.3) is 0 Å². The van der Waals surface area contributed by atoms with E-state index in [4.69, 9.17) is 5.73 Å². The fourth-order valence-electron chi connectivity index (χ4n) is 2.08. The van der Waals surface area contributed by atoms with Crippen molar-refractivity contribution in [3.63, 3.8) is 0 Å². The molecule has 0 bridgehead atoms. The summed E-state index contributed by atoms with van der Waals surface area (Å²) in [5, 5.41) is 0. The van der Waals surface area contributed by atoms with Gasteiger partial charge in [-0.15, -0.1) is 0 Å². The van der Waals surface area contributed by atoms with Crippen LogP contribution >= 0.6 is 11.8 Å². The molecular weight excluding hydrogens is 192 g/mol. The largest absolute Gasteiger partial charge is 0.328 e. The first kappa shape index (κ1) is 12.3. The number of hydrogen-bond acceptors (Lipinski definition) is 3. The minimum absolute atomic E-state index is 0.381. The second kappa shape index (κ2) is 6.70. The number of rotatable bonds is 6. The molecule has 84 valence electrons. The van der Waals surface area contributed by atoms with E-state index in [0.29, 0.717) is 6.04 Å². The van der Waals surface area contributed by atoms with Gasteiger partial charge >= 0.3 is 0 Å². The maximum atomic E-state index is 5.91. The van der Waals surface area contributed by atoms with E-state index in [1.165, 1.54) is 44.6 Å². The molecule has 1 saturated heterocycles. The number of likely N-dealkylation sites (tertiary alicyclic amines) is 1. The molecule has 1 fully saturated rings. The molecule has 0 spiro atoms. The van der Waals surface area contributed by atoms with Gasteiger partial charge in [-0.3, -0.25) is 0 Å². The summed E-state index contributed by atoms with van der Waals surface area (Å²) in [5.41, 5.74) is 5.91. The van der Waals surface area contributed by atoms with E-state index in [1.807, 2.05) is 11.8 Å². The zero-order chi connectivity index (χ0) is 10.4. The molecular formula is C11H24N2S. The maximum absolute atomic E-state index is 5.91. The summed E-state index contributed by atoms with van der Waals surface area (Å²) in [6.45, 7) is 5.92. The summed E-state index contributed by atoms with van der Waals surface area (Å²) in [6.07, 6.45) is 6.20. The highest BCUT2D eigenvalue weighted by Crippen LogP contribution is 2.18. The van der Waals surface area contributed by atoms with Crippen LogP contribution in [0.15, 0.2) is 0 Å². The van der Waals surface area contributed by atoms with E-state index < -0.39 is 0 Å². The Hall–Kier alpha value is 0.270. The van der Waals surface area contributed by atoms with E-state index in [1.54, 1.807) is 0 Å². The van der Waals surface area contributed by atoms with Crippen molar-refractivity contribution in [3.05, 3.63) is 0 Å². The third-order valence-corrected chi connectivity index (χ3v) is 3.82. The van der Waals surface area contributed by atoms with E-state index >= 15 is 0 Å². The van der Waals surface area contributed by atoms with E-state index in [2.05, 4.69) is 18.1 Å². The molecule has 0 aliphatic carbocycles. The van der Waals surface area contributed by atoms with E-state index in [0.717, 1.165) is 5.92 Å². The lowest BCUT2D eigenvalue weighted by molar-refractivity contribution is 0.311. The standard InChI is InChI=1S/C11H24N2S/c1-10(12)11-5-7-13(9-11)6-3-4-8-14-2/h10-11H,3-9,12H2,1-2H3. The second-order valence-electron chi connectivity index (χ2n) is 4.41. The van der Waals surface area contributed by atoms with Crippen LogP contribution in [-0.2, 0) is 0 Å². The molecule has 0 aromatic rings. The number of thioether (sulfide) groups is 1. The third kappa shape index (κ3) is 4.20. The van der Waals surface area contributed by atoms with Gasteiger partial charge in [-0.2, -0.15) is 11.8 Å². The van der Waals surface area contributed by atoms with Gasteiger partial charge in [-0.25, -0.2) is 0 Å². The Morgan fingerprint density at radius 1 is 1.50 bits per heavy atom. The Labute approximate surface area is 92.6 Å². The molecule has 2 nitrogen and oxygen atoms in total. The molecule has 2 atom stereocenters. The Balaban J connectivity index is 2.04. The minimum Gasteiger partial charge on any atom is -0.328 e. The molecule has 2 unspecified atom stereocenters. The fraction of sp³-hybridized carbons (Fsp3) is 1.00. The van der Waals surface area contributed by atoms with E-state index in [-0.39, 0.29) is 0 Å². The normalized spacial score (nSPS) is 25.5. The van der Waals surface area contributed by atoms with Crippen LogP contribution in [0.25, 0.3) is 0 Å². The van der Waals surface area contributed by atoms with Crippen molar-refractivity contribution in [1.82, 2.24) is 4.90 Å². The molecule has 3 heteroatoms. The zero-order valence-electron chi connectivity index (χ0n) is 9.54. The van der Waals surface area contributed by atoms with Gasteiger partial charge in [0.05, 0.1) is 0 Å². The van der Waals surface area contributed by atoms with Crippen molar-refractivity contribution in [1.29, 1.82) is 0 Å². The van der Waals surface area contributed by atoms with Crippen LogP contribution < -0.4 is 5.73 Å². The summed E-state index contributed by atoms with van der Waals surface area (Å²) in [5.74, 6) is 2.06. The SMILES string of the molecule is CSCCCCN1CCC(C(C)N)C1. The van der Waals surface area contributed by atoms with Gasteiger partial charge in [0.15, 0.2) is 0 Å². The summed E-state index contributed by atoms with van der Waals surface area (Å²) in [4.78, 5) is 2.58. The first-order valence-electron chi connectivity index (χ1n) is 5.71. The Morgan fingerprint density at radius 3 is 2.86 bits per heavy atom. The van der Waals surface area contributed by atoms with Gasteiger partial charge in [0.2, 0.25) is 0 Å². The molecule has 0 amide bonds. The van der Waals surface area contributed by atoms with Crippen molar-refractivity contribution >= 4 is 11.8 Å². The molecule has 0 radical (unpaired) electrons. The van der Waals surface area contributed by atoms with Crippen LogP contribution in [-0.4, -0.2) is 42.6 Å². The quantitative estimate of drug-likeness (QED) is 0.687. The number of nitrogens with zero attached hydrogens (tertiary/aromatic N) is 1. The number of nitrogens with two attached hydrogens (primary N) is 1. The lowest BCUT2D eigenvalue weighted by Gasteiger charge is -2.17. The van der Waals surface area contributed by atoms with Gasteiger partial charge in [-0.05, 0) is 57.2 Å². The molecule has 1 rings (SSSR count). The highest BCUT2D eigenvalue weighted by molar-refractivity contribution is 7.98. The van der Waals surface area contributed by atoms with Crippen LogP contribution in [0, 0.1) is 5.92 Å². The number of unbranched alkanes of at least 4 members (excludes halogenated alkanes) is 1. The Kier molecular flexibility index (Phi) is 5.90. The van der Waals surface area contributed by atoms with Crippen LogP contribution in [0.2, 0.25) is 0 Å². The third-order valence-electron chi connectivity index (χ3n) is 3.13. The molecule has 0 aromatic heterocycles. The average Bonchev–Trinajstić information content (AvgIpc) is 2.61. The molecule has 0 saturated carbocycles. The molecule has 1 aliphatic heterocycles. The average molecular weight is 216 g/mol. The van der Waals surface area contributed by atoms with E-state index in [9.17, 15) is 0 Å². The van der Waals surface area contributed by atoms with Gasteiger partial charge < -0.3 is 10.6 Å². The van der Waals surface area contributed by atoms with Crippen molar-refractivity contribution in [3.8, 4) is 0 Å². The zero-order valence-corrected chi connectivity index (χ0v) is 10.4. The Morgan fingerprint density at radius 2 is 2.29 bits per heavy atom. The van der Waals surface area contributed by atoms with Crippen LogP contribution in [0.3, 0.4) is 0 Å². The summed E-state index contributed by atoms with van der Waals surface area (Å²) < 4.78 is 0. The monoisotopic (exact) mass is 216 g/mol. The summed E-state index contributed by atoms with van der Waals surface area (Å²) in [6, 6.07) is 0.381. The highest BCUT2D eigenvalue weighted by Gasteiger charge is 2.24. The smallest absolute Gasteiger partial charge is 0.00514 e. The molecule has 14 heavy (non-hydrogen) atoms. The molecule has 0 aromatic carbocycles. The van der Waals surface area contributed by atoms with Crippen molar-refractivity contribution in [2.24, 2.45) is 11.7 Å². The first-order chi connectivity index (χ1) is 6.74. The van der Waals surface area contributed by atoms with Gasteiger partial charge in [-0.1, -0.05) is 0 Å². The van der Waals surface area contributed by atoms with Crippen molar-refractivity contribution in [2.75, 3.05) is 31.6 Å². The first-order valence-corrected chi connectivity index (χ1v) is 7.10. The lowest BCUT2D eigenvalue weighted by atomic mass is 10.0. The lowest BCUT2D eigenvalue weighted by Crippen LogP contribution is -2.30. The molecule has 2 N–H and O–H groups in total. The number of hydrogen-bond donors (Lipinski definition) is 1. The fourth-order valence-corrected chi connectivity index (χ4v) is 2.57. The summed E-state index contributed by atoms with van der Waals surface area (Å²) in [7, 11) is 0. The predicted molar refractivity (Wildman–Crippen MR) is 65.8 cm³/mol. The summed E-state index contributed by atoms with van der Waals surface area (Å²) >= 11 is 1.95. The second-order valence-corrected chi connectivity index (χ2v) is 5.39. The molecule has 1 aliphatic rings. The van der Waals surface area contributed by atoms with Crippen LogP contribution in [0.1, 0.15) is 26.2 Å². The van der Waals surface area contributed by atoms with Crippen molar-refractivity contribution < 1.29 is 0 Å². The Bertz CT molecular complexity index is 150. The van der Waals surface area contributed by atoms with Crippen molar-refractivity contribution in [2.45, 2.75) is 32.2 Å². The van der Waals surface area contributed by atoms with Gasteiger partial charge in [0, 0.05) is 12.6 Å². The molecule has 1 heterocycles. The van der Waals surface area contributed by atoms with Crippen LogP contribution in [0.4, 0.5) is 0 Å². The minimum atomic E-state index is 0.381. The topological polar surface area (TPSA) is 29.3 Å². The predicted octanol–water partition coefficient (Wildman–Crippen LogP) is 1.80.